The van der Waals surface area contributed by atoms with Crippen molar-refractivity contribution >= 4 is 37.7 Å². The average molecular weight is 379 g/mol. The van der Waals surface area contributed by atoms with Gasteiger partial charge in [-0.1, -0.05) is 6.92 Å². The summed E-state index contributed by atoms with van der Waals surface area (Å²) in [6.07, 6.45) is 2.30. The van der Waals surface area contributed by atoms with Gasteiger partial charge in [-0.25, -0.2) is 18.1 Å². The molecule has 1 rings (SSSR count). The van der Waals surface area contributed by atoms with E-state index in [9.17, 15) is 13.2 Å². The third kappa shape index (κ3) is 5.60. The quantitative estimate of drug-likeness (QED) is 0.628. The molecule has 0 bridgehead atoms. The molecule has 1 aromatic rings. The van der Waals surface area contributed by atoms with Crippen molar-refractivity contribution in [3.8, 4) is 0 Å². The number of aromatic nitrogens is 1. The predicted molar refractivity (Wildman–Crippen MR) is 84.6 cm³/mol. The average Bonchev–Trinajstić information content (AvgIpc) is 2.45. The number of sulfonamides is 1. The summed E-state index contributed by atoms with van der Waals surface area (Å²) >= 11 is 3.19. The molecule has 0 spiro atoms. The zero-order chi connectivity index (χ0) is 15.9. The second kappa shape index (κ2) is 8.30. The molecule has 7 nitrogen and oxygen atoms in total. The standard InChI is InChI=1S/C12H19BrN4O3S/c1-3-5-15-11(18)8-17-21(19,20)10-6-9(13)7-16-12(10)14-4-2/h6-7,17H,3-5,8H2,1-2H3,(H,14,16)(H,15,18). The summed E-state index contributed by atoms with van der Waals surface area (Å²) < 4.78 is 27.3. The Morgan fingerprint density at radius 2 is 2.10 bits per heavy atom. The summed E-state index contributed by atoms with van der Waals surface area (Å²) in [6, 6.07) is 1.44. The van der Waals surface area contributed by atoms with Crippen LogP contribution in [0.5, 0.6) is 0 Å². The highest BCUT2D eigenvalue weighted by molar-refractivity contribution is 9.10. The SMILES string of the molecule is CCCNC(=O)CNS(=O)(=O)c1cc(Br)cnc1NCC. The summed E-state index contributed by atoms with van der Waals surface area (Å²) in [5, 5.41) is 5.48. The summed E-state index contributed by atoms with van der Waals surface area (Å²) in [7, 11) is -3.82. The fourth-order valence-corrected chi connectivity index (χ4v) is 3.11. The lowest BCUT2D eigenvalue weighted by atomic mass is 10.4. The fourth-order valence-electron chi connectivity index (χ4n) is 1.49. The second-order valence-corrected chi connectivity index (χ2v) is 6.86. The number of nitrogens with one attached hydrogen (secondary N) is 3. The molecular formula is C12H19BrN4O3S. The summed E-state index contributed by atoms with van der Waals surface area (Å²) in [5.41, 5.74) is 0. The molecule has 0 unspecified atom stereocenters. The summed E-state index contributed by atoms with van der Waals surface area (Å²) in [6.45, 7) is 4.50. The Bertz CT molecular complexity index is 592. The maximum Gasteiger partial charge on any atom is 0.244 e. The van der Waals surface area contributed by atoms with Crippen molar-refractivity contribution in [1.29, 1.82) is 0 Å². The molecule has 21 heavy (non-hydrogen) atoms. The van der Waals surface area contributed by atoms with E-state index < -0.39 is 10.0 Å². The van der Waals surface area contributed by atoms with Crippen molar-refractivity contribution < 1.29 is 13.2 Å². The molecule has 0 saturated carbocycles. The molecule has 0 radical (unpaired) electrons. The van der Waals surface area contributed by atoms with E-state index in [0.717, 1.165) is 6.42 Å². The number of hydrogen-bond donors (Lipinski definition) is 3. The van der Waals surface area contributed by atoms with Crippen LogP contribution in [0, 0.1) is 0 Å². The van der Waals surface area contributed by atoms with Crippen LogP contribution in [-0.4, -0.2) is 38.9 Å². The monoisotopic (exact) mass is 378 g/mol. The number of amides is 1. The first-order valence-corrected chi connectivity index (χ1v) is 8.84. The van der Waals surface area contributed by atoms with Gasteiger partial charge < -0.3 is 10.6 Å². The Kier molecular flexibility index (Phi) is 7.06. The van der Waals surface area contributed by atoms with Crippen LogP contribution in [0.2, 0.25) is 0 Å². The number of halogens is 1. The lowest BCUT2D eigenvalue weighted by molar-refractivity contribution is -0.119. The van der Waals surface area contributed by atoms with Gasteiger partial charge in [-0.05, 0) is 35.3 Å². The van der Waals surface area contributed by atoms with Gasteiger partial charge in [0.15, 0.2) is 0 Å². The van der Waals surface area contributed by atoms with Crippen LogP contribution < -0.4 is 15.4 Å². The Balaban J connectivity index is 2.87. The van der Waals surface area contributed by atoms with Gasteiger partial charge in [0.2, 0.25) is 15.9 Å². The third-order valence-corrected chi connectivity index (χ3v) is 4.30. The molecule has 0 saturated heterocycles. The van der Waals surface area contributed by atoms with Crippen molar-refractivity contribution in [2.45, 2.75) is 25.2 Å². The van der Waals surface area contributed by atoms with E-state index in [4.69, 9.17) is 0 Å². The van der Waals surface area contributed by atoms with E-state index in [1.807, 2.05) is 13.8 Å². The first-order valence-electron chi connectivity index (χ1n) is 6.56. The van der Waals surface area contributed by atoms with Gasteiger partial charge in [-0.3, -0.25) is 4.79 Å². The Hall–Kier alpha value is -1.19. The molecule has 0 aliphatic heterocycles. The number of rotatable bonds is 8. The van der Waals surface area contributed by atoms with E-state index >= 15 is 0 Å². The molecule has 118 valence electrons. The number of anilines is 1. The van der Waals surface area contributed by atoms with Gasteiger partial charge in [0.05, 0.1) is 6.54 Å². The minimum atomic E-state index is -3.82. The minimum Gasteiger partial charge on any atom is -0.369 e. The van der Waals surface area contributed by atoms with E-state index in [2.05, 4.69) is 36.3 Å². The van der Waals surface area contributed by atoms with Crippen molar-refractivity contribution in [3.05, 3.63) is 16.7 Å². The van der Waals surface area contributed by atoms with Crippen LogP contribution in [0.25, 0.3) is 0 Å². The molecule has 0 fully saturated rings. The van der Waals surface area contributed by atoms with Gasteiger partial charge in [0.25, 0.3) is 0 Å². The largest absolute Gasteiger partial charge is 0.369 e. The minimum absolute atomic E-state index is 0.00187. The van der Waals surface area contributed by atoms with Crippen molar-refractivity contribution in [2.24, 2.45) is 0 Å². The number of carbonyl (C=O) groups excluding carboxylic acids is 1. The second-order valence-electron chi connectivity index (χ2n) is 4.21. The third-order valence-electron chi connectivity index (χ3n) is 2.45. The van der Waals surface area contributed by atoms with Gasteiger partial charge in [-0.2, -0.15) is 0 Å². The lowest BCUT2D eigenvalue weighted by Gasteiger charge is -2.12. The predicted octanol–water partition coefficient (Wildman–Crippen LogP) is 1.08. The summed E-state index contributed by atoms with van der Waals surface area (Å²) in [5.74, 6) is -0.115. The van der Waals surface area contributed by atoms with Gasteiger partial charge in [-0.15, -0.1) is 0 Å². The van der Waals surface area contributed by atoms with Crippen molar-refractivity contribution in [1.82, 2.24) is 15.0 Å². The summed E-state index contributed by atoms with van der Waals surface area (Å²) in [4.78, 5) is 15.5. The van der Waals surface area contributed by atoms with E-state index in [1.54, 1.807) is 0 Å². The molecule has 3 N–H and O–H groups in total. The van der Waals surface area contributed by atoms with Crippen molar-refractivity contribution in [3.63, 3.8) is 0 Å². The van der Waals surface area contributed by atoms with Crippen LogP contribution in [0.3, 0.4) is 0 Å². The molecule has 1 heterocycles. The molecule has 0 aliphatic carbocycles. The van der Waals surface area contributed by atoms with Crippen LogP contribution in [0.4, 0.5) is 5.82 Å². The molecule has 0 atom stereocenters. The van der Waals surface area contributed by atoms with E-state index in [0.29, 0.717) is 17.6 Å². The van der Waals surface area contributed by atoms with Crippen LogP contribution >= 0.6 is 15.9 Å². The van der Waals surface area contributed by atoms with Crippen molar-refractivity contribution in [2.75, 3.05) is 25.0 Å². The highest BCUT2D eigenvalue weighted by Crippen LogP contribution is 2.22. The van der Waals surface area contributed by atoms with E-state index in [1.165, 1.54) is 12.3 Å². The zero-order valence-electron chi connectivity index (χ0n) is 11.9. The molecule has 1 aromatic heterocycles. The Morgan fingerprint density at radius 3 is 2.71 bits per heavy atom. The van der Waals surface area contributed by atoms with Crippen LogP contribution in [0.1, 0.15) is 20.3 Å². The van der Waals surface area contributed by atoms with E-state index in [-0.39, 0.29) is 23.2 Å². The van der Waals surface area contributed by atoms with Gasteiger partial charge in [0.1, 0.15) is 10.7 Å². The van der Waals surface area contributed by atoms with Crippen LogP contribution in [-0.2, 0) is 14.8 Å². The highest BCUT2D eigenvalue weighted by atomic mass is 79.9. The normalized spacial score (nSPS) is 11.2. The molecule has 1 amide bonds. The van der Waals surface area contributed by atoms with Gasteiger partial charge in [0, 0.05) is 23.8 Å². The first kappa shape index (κ1) is 17.9. The lowest BCUT2D eigenvalue weighted by Crippen LogP contribution is -2.37. The maximum absolute atomic E-state index is 12.3. The molecular weight excluding hydrogens is 360 g/mol. The number of carbonyl (C=O) groups is 1. The van der Waals surface area contributed by atoms with Crippen LogP contribution in [0.15, 0.2) is 21.6 Å². The Labute approximate surface area is 133 Å². The molecule has 0 aliphatic rings. The zero-order valence-corrected chi connectivity index (χ0v) is 14.3. The topological polar surface area (TPSA) is 100 Å². The number of hydrogen-bond acceptors (Lipinski definition) is 5. The number of pyridine rings is 1. The smallest absolute Gasteiger partial charge is 0.244 e. The molecule has 0 aromatic carbocycles. The fraction of sp³-hybridized carbons (Fsp3) is 0.500. The first-order chi connectivity index (χ1) is 9.90. The Morgan fingerprint density at radius 1 is 1.38 bits per heavy atom. The van der Waals surface area contributed by atoms with Gasteiger partial charge >= 0.3 is 0 Å². The highest BCUT2D eigenvalue weighted by Gasteiger charge is 2.20. The molecule has 9 heteroatoms. The maximum atomic E-state index is 12.3. The number of nitrogens with zero attached hydrogens (tertiary/aromatic N) is 1.